The van der Waals surface area contributed by atoms with E-state index in [1.165, 1.54) is 11.0 Å². The van der Waals surface area contributed by atoms with Crippen molar-refractivity contribution in [2.24, 2.45) is 0 Å². The molecule has 2 aromatic carbocycles. The molecule has 2 amide bonds. The lowest BCUT2D eigenvalue weighted by Crippen LogP contribution is -2.52. The van der Waals surface area contributed by atoms with Crippen LogP contribution in [0.4, 0.5) is 5.69 Å². The van der Waals surface area contributed by atoms with Crippen LogP contribution in [0.2, 0.25) is 15.1 Å². The third kappa shape index (κ3) is 7.49. The predicted molar refractivity (Wildman–Crippen MR) is 141 cm³/mol. The zero-order chi connectivity index (χ0) is 25.8. The van der Waals surface area contributed by atoms with E-state index in [4.69, 9.17) is 34.8 Å². The van der Waals surface area contributed by atoms with Crippen LogP contribution in [-0.4, -0.2) is 50.0 Å². The van der Waals surface area contributed by atoms with Gasteiger partial charge in [0.25, 0.3) is 0 Å². The van der Waals surface area contributed by atoms with Gasteiger partial charge in [-0.05, 0) is 55.7 Å². The fourth-order valence-electron chi connectivity index (χ4n) is 4.05. The van der Waals surface area contributed by atoms with Gasteiger partial charge in [0.15, 0.2) is 0 Å². The summed E-state index contributed by atoms with van der Waals surface area (Å²) in [6, 6.07) is 10.4. The number of hydrogen-bond donors (Lipinski definition) is 1. The summed E-state index contributed by atoms with van der Waals surface area (Å²) >= 11 is 18.2. The molecule has 7 nitrogen and oxygen atoms in total. The second-order valence-electron chi connectivity index (χ2n) is 8.69. The van der Waals surface area contributed by atoms with Crippen LogP contribution >= 0.6 is 34.8 Å². The molecule has 0 aromatic heterocycles. The van der Waals surface area contributed by atoms with Gasteiger partial charge >= 0.3 is 0 Å². The normalized spacial score (nSPS) is 15.0. The molecule has 1 aliphatic rings. The Morgan fingerprint density at radius 1 is 1.06 bits per heavy atom. The average Bonchev–Trinajstić information content (AvgIpc) is 3.29. The molecule has 3 rings (SSSR count). The average molecular weight is 561 g/mol. The van der Waals surface area contributed by atoms with E-state index in [-0.39, 0.29) is 24.2 Å². The molecule has 0 bridgehead atoms. The predicted octanol–water partition coefficient (Wildman–Crippen LogP) is 4.89. The van der Waals surface area contributed by atoms with E-state index in [0.29, 0.717) is 20.6 Å². The van der Waals surface area contributed by atoms with Crippen molar-refractivity contribution < 1.29 is 18.0 Å². The van der Waals surface area contributed by atoms with Gasteiger partial charge in [0, 0.05) is 17.6 Å². The summed E-state index contributed by atoms with van der Waals surface area (Å²) in [5.74, 6) is -0.838. The van der Waals surface area contributed by atoms with Gasteiger partial charge in [-0.3, -0.25) is 13.9 Å². The maximum absolute atomic E-state index is 13.5. The van der Waals surface area contributed by atoms with Gasteiger partial charge in [-0.2, -0.15) is 0 Å². The first-order chi connectivity index (χ1) is 16.5. The topological polar surface area (TPSA) is 86.8 Å². The van der Waals surface area contributed by atoms with Gasteiger partial charge in [0.1, 0.15) is 12.6 Å². The molecule has 2 aromatic rings. The van der Waals surface area contributed by atoms with E-state index >= 15 is 0 Å². The Balaban J connectivity index is 1.89. The summed E-state index contributed by atoms with van der Waals surface area (Å²) < 4.78 is 26.1. The SMILES string of the molecule is C[C@@H](C(=O)NC1CCCC1)N(Cc1ccc(Cl)c(Cl)c1)C(=O)CN(c1cccc(Cl)c1)S(C)(=O)=O. The van der Waals surface area contributed by atoms with E-state index in [0.717, 1.165) is 36.2 Å². The number of nitrogens with one attached hydrogen (secondary N) is 1. The van der Waals surface area contributed by atoms with Gasteiger partial charge in [-0.1, -0.05) is 59.8 Å². The van der Waals surface area contributed by atoms with Crippen LogP contribution in [0.5, 0.6) is 0 Å². The first-order valence-electron chi connectivity index (χ1n) is 11.2. The largest absolute Gasteiger partial charge is 0.352 e. The van der Waals surface area contributed by atoms with Crippen molar-refractivity contribution in [2.45, 2.75) is 51.2 Å². The molecule has 1 fully saturated rings. The maximum atomic E-state index is 13.5. The van der Waals surface area contributed by atoms with Crippen LogP contribution in [0.15, 0.2) is 42.5 Å². The van der Waals surface area contributed by atoms with Crippen molar-refractivity contribution in [1.29, 1.82) is 0 Å². The fraction of sp³-hybridized carbons (Fsp3) is 0.417. The lowest BCUT2D eigenvalue weighted by atomic mass is 10.1. The maximum Gasteiger partial charge on any atom is 0.244 e. The Kier molecular flexibility index (Phi) is 9.32. The van der Waals surface area contributed by atoms with Gasteiger partial charge in [0.05, 0.1) is 22.0 Å². The molecule has 0 aliphatic heterocycles. The summed E-state index contributed by atoms with van der Waals surface area (Å²) in [7, 11) is -3.83. The van der Waals surface area contributed by atoms with E-state index in [9.17, 15) is 18.0 Å². The van der Waals surface area contributed by atoms with Crippen molar-refractivity contribution in [3.05, 3.63) is 63.1 Å². The number of sulfonamides is 1. The molecular formula is C24H28Cl3N3O4S. The van der Waals surface area contributed by atoms with E-state index < -0.39 is 28.5 Å². The smallest absolute Gasteiger partial charge is 0.244 e. The summed E-state index contributed by atoms with van der Waals surface area (Å²) in [5.41, 5.74) is 0.910. The lowest BCUT2D eigenvalue weighted by Gasteiger charge is -2.32. The Bertz CT molecular complexity index is 1190. The first-order valence-corrected chi connectivity index (χ1v) is 14.2. The minimum Gasteiger partial charge on any atom is -0.352 e. The molecule has 1 aliphatic carbocycles. The zero-order valence-electron chi connectivity index (χ0n) is 19.5. The van der Waals surface area contributed by atoms with Gasteiger partial charge in [-0.25, -0.2) is 8.42 Å². The zero-order valence-corrected chi connectivity index (χ0v) is 22.6. The second kappa shape index (κ2) is 11.8. The van der Waals surface area contributed by atoms with Gasteiger partial charge in [-0.15, -0.1) is 0 Å². The number of carbonyl (C=O) groups excluding carboxylic acids is 2. The lowest BCUT2D eigenvalue weighted by molar-refractivity contribution is -0.139. The van der Waals surface area contributed by atoms with Crippen LogP contribution < -0.4 is 9.62 Å². The molecule has 0 saturated heterocycles. The number of nitrogens with zero attached hydrogens (tertiary/aromatic N) is 2. The molecular weight excluding hydrogens is 533 g/mol. The highest BCUT2D eigenvalue weighted by molar-refractivity contribution is 7.92. The number of rotatable bonds is 9. The molecule has 1 saturated carbocycles. The highest BCUT2D eigenvalue weighted by Gasteiger charge is 2.31. The number of amides is 2. The highest BCUT2D eigenvalue weighted by atomic mass is 35.5. The number of anilines is 1. The van der Waals surface area contributed by atoms with E-state index in [1.807, 2.05) is 0 Å². The summed E-state index contributed by atoms with van der Waals surface area (Å²) in [4.78, 5) is 28.0. The quantitative estimate of drug-likeness (QED) is 0.473. The second-order valence-corrected chi connectivity index (χ2v) is 11.8. The number of halogens is 3. The Hall–Kier alpha value is -2.00. The molecule has 11 heteroatoms. The van der Waals surface area contributed by atoms with Crippen molar-refractivity contribution >= 4 is 62.3 Å². The summed E-state index contributed by atoms with van der Waals surface area (Å²) in [6.07, 6.45) is 4.91. The van der Waals surface area contributed by atoms with Crippen LogP contribution in [-0.2, 0) is 26.2 Å². The fourth-order valence-corrected chi connectivity index (χ4v) is 5.40. The number of carbonyl (C=O) groups is 2. The monoisotopic (exact) mass is 559 g/mol. The molecule has 0 radical (unpaired) electrons. The molecule has 1 atom stereocenters. The Labute approximate surface area is 221 Å². The standard InChI is InChI=1S/C24H28Cl3N3O4S/c1-16(24(32)28-19-7-3-4-8-19)29(14-17-10-11-21(26)22(27)12-17)23(31)15-30(35(2,33)34)20-9-5-6-18(25)13-20/h5-6,9-13,16,19H,3-4,7-8,14-15H2,1-2H3,(H,28,32)/t16-/m0/s1. The third-order valence-electron chi connectivity index (χ3n) is 5.98. The Morgan fingerprint density at radius 3 is 2.34 bits per heavy atom. The van der Waals surface area contributed by atoms with Gasteiger partial charge < -0.3 is 10.2 Å². The molecule has 190 valence electrons. The van der Waals surface area contributed by atoms with Crippen molar-refractivity contribution in [2.75, 3.05) is 17.1 Å². The molecule has 1 N–H and O–H groups in total. The summed E-state index contributed by atoms with van der Waals surface area (Å²) in [5, 5.41) is 4.03. The van der Waals surface area contributed by atoms with Crippen molar-refractivity contribution in [3.8, 4) is 0 Å². The molecule has 0 heterocycles. The molecule has 0 unspecified atom stereocenters. The van der Waals surface area contributed by atoms with E-state index in [1.54, 1.807) is 43.3 Å². The van der Waals surface area contributed by atoms with Crippen LogP contribution in [0.1, 0.15) is 38.2 Å². The van der Waals surface area contributed by atoms with Crippen LogP contribution in [0, 0.1) is 0 Å². The third-order valence-corrected chi connectivity index (χ3v) is 8.10. The van der Waals surface area contributed by atoms with Crippen LogP contribution in [0.25, 0.3) is 0 Å². The van der Waals surface area contributed by atoms with E-state index in [2.05, 4.69) is 5.32 Å². The van der Waals surface area contributed by atoms with Crippen molar-refractivity contribution in [1.82, 2.24) is 10.2 Å². The molecule has 35 heavy (non-hydrogen) atoms. The number of hydrogen-bond acceptors (Lipinski definition) is 4. The number of benzene rings is 2. The van der Waals surface area contributed by atoms with Crippen molar-refractivity contribution in [3.63, 3.8) is 0 Å². The van der Waals surface area contributed by atoms with Crippen LogP contribution in [0.3, 0.4) is 0 Å². The molecule has 0 spiro atoms. The summed E-state index contributed by atoms with van der Waals surface area (Å²) in [6.45, 7) is 1.17. The minimum absolute atomic E-state index is 0.0438. The van der Waals surface area contributed by atoms with Gasteiger partial charge in [0.2, 0.25) is 21.8 Å². The minimum atomic E-state index is -3.83. The first kappa shape index (κ1) is 27.6. The Morgan fingerprint density at radius 2 is 1.74 bits per heavy atom. The highest BCUT2D eigenvalue weighted by Crippen LogP contribution is 2.25.